The largest absolute Gasteiger partial charge is 0.456 e. The van der Waals surface area contributed by atoms with Crippen LogP contribution in [0.4, 0.5) is 0 Å². The summed E-state index contributed by atoms with van der Waals surface area (Å²) in [6.07, 6.45) is 0. The summed E-state index contributed by atoms with van der Waals surface area (Å²) in [5.41, 5.74) is 2.66. The molecule has 7 nitrogen and oxygen atoms in total. The van der Waals surface area contributed by atoms with Gasteiger partial charge in [0.1, 0.15) is 22.3 Å². The van der Waals surface area contributed by atoms with E-state index in [4.69, 9.17) is 24.1 Å². The van der Waals surface area contributed by atoms with Crippen molar-refractivity contribution in [3.63, 3.8) is 0 Å². The Morgan fingerprint density at radius 3 is 1.44 bits per heavy atom. The molecule has 0 spiro atoms. The van der Waals surface area contributed by atoms with Gasteiger partial charge in [0.2, 0.25) is 0 Å². The van der Waals surface area contributed by atoms with Gasteiger partial charge in [-0.05, 0) is 48.5 Å². The molecule has 0 aliphatic heterocycles. The molecule has 0 fully saturated rings. The average Bonchev–Trinajstić information content (AvgIpc) is 3.35. The zero-order valence-corrected chi connectivity index (χ0v) is 19.6. The van der Waals surface area contributed by atoms with Crippen LogP contribution in [0.1, 0.15) is 0 Å². The lowest BCUT2D eigenvalue weighted by Crippen LogP contribution is -1.96. The van der Waals surface area contributed by atoms with Gasteiger partial charge < -0.3 is 8.83 Å². The van der Waals surface area contributed by atoms with Gasteiger partial charge in [-0.2, -0.15) is 8.42 Å². The summed E-state index contributed by atoms with van der Waals surface area (Å²) < 4.78 is 64.8. The summed E-state index contributed by atoms with van der Waals surface area (Å²) in [6, 6.07) is 23.7. The number of hydrogen-bond acceptors (Lipinski definition) is 6. The van der Waals surface area contributed by atoms with Crippen molar-refractivity contribution in [1.82, 2.24) is 0 Å². The molecular formula is C24H15ClO7S2. The molecule has 1 N–H and O–H groups in total. The lowest BCUT2D eigenvalue weighted by atomic mass is 10.1. The van der Waals surface area contributed by atoms with Gasteiger partial charge in [0.15, 0.2) is 0 Å². The molecule has 172 valence electrons. The fourth-order valence-electron chi connectivity index (χ4n) is 3.72. The molecule has 2 heterocycles. The first-order valence-corrected chi connectivity index (χ1v) is 13.6. The molecule has 0 amide bonds. The molecule has 6 aromatic rings. The fourth-order valence-corrected chi connectivity index (χ4v) is 5.01. The number of benzene rings is 4. The molecule has 0 aliphatic carbocycles. The monoisotopic (exact) mass is 514 g/mol. The van der Waals surface area contributed by atoms with E-state index in [9.17, 15) is 16.8 Å². The molecule has 4 aromatic carbocycles. The Morgan fingerprint density at radius 1 is 0.559 bits per heavy atom. The van der Waals surface area contributed by atoms with E-state index in [-0.39, 0.29) is 9.79 Å². The normalized spacial score (nSPS) is 12.3. The van der Waals surface area contributed by atoms with Crippen molar-refractivity contribution in [2.24, 2.45) is 0 Å². The van der Waals surface area contributed by atoms with E-state index in [0.29, 0.717) is 22.1 Å². The van der Waals surface area contributed by atoms with Crippen molar-refractivity contribution >= 4 is 73.7 Å². The number of halogens is 1. The number of rotatable bonds is 2. The van der Waals surface area contributed by atoms with Crippen LogP contribution >= 0.6 is 10.7 Å². The van der Waals surface area contributed by atoms with Gasteiger partial charge >= 0.3 is 0 Å². The van der Waals surface area contributed by atoms with Crippen LogP contribution in [0, 0.1) is 0 Å². The van der Waals surface area contributed by atoms with Gasteiger partial charge in [0.25, 0.3) is 19.2 Å². The standard InChI is InChI=1S/C12H7ClO3S.C12H8O4S/c2*13-17(14,15)8-5-6-12-10(7-8)9-3-1-2-4-11(9)16-12/h1-7H;1-7H,(H,13,14,15). The highest BCUT2D eigenvalue weighted by atomic mass is 35.7. The van der Waals surface area contributed by atoms with Gasteiger partial charge in [-0.15, -0.1) is 0 Å². The van der Waals surface area contributed by atoms with Crippen LogP contribution in [-0.2, 0) is 19.2 Å². The Bertz CT molecular complexity index is 1780. The summed E-state index contributed by atoms with van der Waals surface area (Å²) in [6.45, 7) is 0. The van der Waals surface area contributed by atoms with Crippen LogP contribution in [0.25, 0.3) is 43.9 Å². The molecule has 0 atom stereocenters. The Hall–Kier alpha value is -3.37. The Balaban J connectivity index is 0.000000142. The molecule has 0 aliphatic rings. The lowest BCUT2D eigenvalue weighted by molar-refractivity contribution is 0.483. The number of furan rings is 2. The van der Waals surface area contributed by atoms with Crippen molar-refractivity contribution in [2.75, 3.05) is 0 Å². The van der Waals surface area contributed by atoms with Gasteiger partial charge in [0, 0.05) is 32.2 Å². The second-order valence-corrected chi connectivity index (χ2v) is 11.4. The average molecular weight is 515 g/mol. The number of para-hydroxylation sites is 2. The smallest absolute Gasteiger partial charge is 0.294 e. The highest BCUT2D eigenvalue weighted by Crippen LogP contribution is 2.31. The highest BCUT2D eigenvalue weighted by molar-refractivity contribution is 8.13. The number of fused-ring (bicyclic) bond motifs is 6. The van der Waals surface area contributed by atoms with E-state index in [0.717, 1.165) is 21.7 Å². The second kappa shape index (κ2) is 8.14. The van der Waals surface area contributed by atoms with E-state index in [2.05, 4.69) is 0 Å². The van der Waals surface area contributed by atoms with Crippen molar-refractivity contribution in [3.05, 3.63) is 84.9 Å². The second-order valence-electron chi connectivity index (χ2n) is 7.43. The fraction of sp³-hybridized carbons (Fsp3) is 0. The Kier molecular flexibility index (Phi) is 5.37. The molecule has 6 rings (SSSR count). The van der Waals surface area contributed by atoms with Crippen LogP contribution in [0.15, 0.2) is 104 Å². The van der Waals surface area contributed by atoms with E-state index < -0.39 is 19.2 Å². The van der Waals surface area contributed by atoms with Crippen molar-refractivity contribution < 1.29 is 30.2 Å². The van der Waals surface area contributed by atoms with Gasteiger partial charge in [-0.1, -0.05) is 36.4 Å². The Labute approximate surface area is 198 Å². The Morgan fingerprint density at radius 2 is 0.971 bits per heavy atom. The quantitative estimate of drug-likeness (QED) is 0.211. The zero-order valence-electron chi connectivity index (χ0n) is 17.2. The van der Waals surface area contributed by atoms with Gasteiger partial charge in [0.05, 0.1) is 9.79 Å². The molecule has 10 heteroatoms. The lowest BCUT2D eigenvalue weighted by Gasteiger charge is -1.95. The van der Waals surface area contributed by atoms with Crippen molar-refractivity contribution in [3.8, 4) is 0 Å². The first-order valence-electron chi connectivity index (χ1n) is 9.86. The van der Waals surface area contributed by atoms with E-state index in [1.807, 2.05) is 48.5 Å². The zero-order chi connectivity index (χ0) is 24.1. The van der Waals surface area contributed by atoms with Gasteiger partial charge in [-0.25, -0.2) is 8.42 Å². The SMILES string of the molecule is O=S(=O)(Cl)c1ccc2oc3ccccc3c2c1.O=S(=O)(O)c1ccc2oc3ccccc3c2c1. The first-order chi connectivity index (χ1) is 16.1. The summed E-state index contributed by atoms with van der Waals surface area (Å²) in [4.78, 5) is -0.0465. The maximum Gasteiger partial charge on any atom is 0.294 e. The highest BCUT2D eigenvalue weighted by Gasteiger charge is 2.14. The topological polar surface area (TPSA) is 115 Å². The van der Waals surface area contributed by atoms with Gasteiger partial charge in [-0.3, -0.25) is 4.55 Å². The number of hydrogen-bond donors (Lipinski definition) is 1. The molecule has 2 aromatic heterocycles. The van der Waals surface area contributed by atoms with Crippen LogP contribution in [0.5, 0.6) is 0 Å². The summed E-state index contributed by atoms with van der Waals surface area (Å²) in [5.74, 6) is 0. The molecule has 0 bridgehead atoms. The minimum atomic E-state index is -4.18. The van der Waals surface area contributed by atoms with E-state index in [1.165, 1.54) is 24.3 Å². The third-order valence-corrected chi connectivity index (χ3v) is 7.48. The van der Waals surface area contributed by atoms with Crippen LogP contribution in [0.2, 0.25) is 0 Å². The van der Waals surface area contributed by atoms with Crippen LogP contribution in [-0.4, -0.2) is 21.4 Å². The summed E-state index contributed by atoms with van der Waals surface area (Å²) in [7, 11) is -2.57. The van der Waals surface area contributed by atoms with Crippen LogP contribution in [0.3, 0.4) is 0 Å². The molecule has 34 heavy (non-hydrogen) atoms. The molecule has 0 unspecified atom stereocenters. The molecular weight excluding hydrogens is 500 g/mol. The third-order valence-electron chi connectivity index (χ3n) is 5.28. The minimum absolute atomic E-state index is 0.0817. The first kappa shape index (κ1) is 22.4. The predicted molar refractivity (Wildman–Crippen MR) is 130 cm³/mol. The predicted octanol–water partition coefficient (Wildman–Crippen LogP) is 6.35. The molecule has 0 saturated carbocycles. The molecule has 0 saturated heterocycles. The van der Waals surface area contributed by atoms with Crippen molar-refractivity contribution in [2.45, 2.75) is 9.79 Å². The van der Waals surface area contributed by atoms with E-state index in [1.54, 1.807) is 12.1 Å². The maximum atomic E-state index is 11.3. The molecule has 0 radical (unpaired) electrons. The van der Waals surface area contributed by atoms with E-state index >= 15 is 0 Å². The summed E-state index contributed by atoms with van der Waals surface area (Å²) in [5, 5.41) is 3.13. The summed E-state index contributed by atoms with van der Waals surface area (Å²) >= 11 is 0. The van der Waals surface area contributed by atoms with Crippen LogP contribution < -0.4 is 0 Å². The minimum Gasteiger partial charge on any atom is -0.456 e. The maximum absolute atomic E-state index is 11.3. The van der Waals surface area contributed by atoms with Crippen molar-refractivity contribution in [1.29, 1.82) is 0 Å². The third kappa shape index (κ3) is 4.14.